The number of hydrogen-bond acceptors (Lipinski definition) is 5. The minimum absolute atomic E-state index is 0.0431. The Labute approximate surface area is 164 Å². The van der Waals surface area contributed by atoms with E-state index in [9.17, 15) is 18.0 Å². The minimum atomic E-state index is -4.44. The molecule has 2 aromatic rings. The Morgan fingerprint density at radius 1 is 1.29 bits per heavy atom. The summed E-state index contributed by atoms with van der Waals surface area (Å²) < 4.78 is 43.1. The molecule has 0 aliphatic rings. The largest absolute Gasteiger partial charge is 0.469 e. The number of likely N-dealkylation sites (N-methyl/N-ethyl adjacent to an activating group) is 1. The Morgan fingerprint density at radius 2 is 2.00 bits per heavy atom. The first-order valence-corrected chi connectivity index (χ1v) is 9.40. The van der Waals surface area contributed by atoms with Crippen molar-refractivity contribution in [2.75, 3.05) is 33.7 Å². The van der Waals surface area contributed by atoms with Crippen LogP contribution in [0.3, 0.4) is 0 Å². The third-order valence-electron chi connectivity index (χ3n) is 3.59. The molecule has 28 heavy (non-hydrogen) atoms. The number of carbonyl (C=O) groups excluding carboxylic acids is 1. The van der Waals surface area contributed by atoms with Gasteiger partial charge in [0.1, 0.15) is 12.3 Å². The second-order valence-corrected chi connectivity index (χ2v) is 6.95. The number of aliphatic imine (C=N–C) groups is 1. The molecule has 0 aromatic carbocycles. The van der Waals surface area contributed by atoms with Crippen molar-refractivity contribution < 1.29 is 22.4 Å². The van der Waals surface area contributed by atoms with E-state index < -0.39 is 11.9 Å². The number of furan rings is 1. The van der Waals surface area contributed by atoms with Crippen LogP contribution in [0.4, 0.5) is 13.2 Å². The number of hydrogen-bond donors (Lipinski definition) is 2. The molecule has 2 heterocycles. The summed E-state index contributed by atoms with van der Waals surface area (Å²) in [5.74, 6) is 1.04. The van der Waals surface area contributed by atoms with Gasteiger partial charge in [0.25, 0.3) is 0 Å². The Balaban J connectivity index is 1.87. The number of thiazole rings is 1. The lowest BCUT2D eigenvalue weighted by Crippen LogP contribution is -2.40. The topological polar surface area (TPSA) is 82.8 Å². The Bertz CT molecular complexity index is 772. The summed E-state index contributed by atoms with van der Waals surface area (Å²) in [6.07, 6.45) is -1.92. The van der Waals surface area contributed by atoms with Gasteiger partial charge in [0.15, 0.2) is 11.7 Å². The summed E-state index contributed by atoms with van der Waals surface area (Å²) in [4.78, 5) is 21.0. The zero-order valence-corrected chi connectivity index (χ0v) is 16.4. The van der Waals surface area contributed by atoms with E-state index in [1.54, 1.807) is 26.4 Å². The van der Waals surface area contributed by atoms with Crippen LogP contribution in [-0.2, 0) is 23.8 Å². The highest BCUT2D eigenvalue weighted by Gasteiger charge is 2.33. The molecule has 0 aliphatic heterocycles. The number of alkyl halides is 3. The van der Waals surface area contributed by atoms with Gasteiger partial charge in [0.05, 0.1) is 11.3 Å². The van der Waals surface area contributed by atoms with E-state index >= 15 is 0 Å². The highest BCUT2D eigenvalue weighted by atomic mass is 32.1. The average molecular weight is 417 g/mol. The summed E-state index contributed by atoms with van der Waals surface area (Å²) in [5, 5.41) is 7.47. The molecule has 0 spiro atoms. The minimum Gasteiger partial charge on any atom is -0.469 e. The monoisotopic (exact) mass is 417 g/mol. The van der Waals surface area contributed by atoms with E-state index in [1.165, 1.54) is 4.90 Å². The Morgan fingerprint density at radius 3 is 2.57 bits per heavy atom. The van der Waals surface area contributed by atoms with Crippen LogP contribution in [0.15, 0.2) is 33.2 Å². The molecule has 7 nitrogen and oxygen atoms in total. The van der Waals surface area contributed by atoms with E-state index in [-0.39, 0.29) is 12.5 Å². The highest BCUT2D eigenvalue weighted by molar-refractivity contribution is 7.09. The molecule has 2 N–H and O–H groups in total. The number of nitrogens with zero attached hydrogens (tertiary/aromatic N) is 3. The number of nitrogens with one attached hydrogen (secondary N) is 2. The molecule has 0 fully saturated rings. The van der Waals surface area contributed by atoms with Gasteiger partial charge in [0, 0.05) is 45.4 Å². The molecular weight excluding hydrogens is 395 g/mol. The van der Waals surface area contributed by atoms with Crippen LogP contribution in [0.2, 0.25) is 0 Å². The molecule has 0 saturated carbocycles. The van der Waals surface area contributed by atoms with Gasteiger partial charge in [0.2, 0.25) is 5.91 Å². The number of rotatable bonds is 8. The molecule has 2 rings (SSSR count). The molecule has 0 aliphatic carbocycles. The van der Waals surface area contributed by atoms with E-state index in [0.29, 0.717) is 36.9 Å². The summed E-state index contributed by atoms with van der Waals surface area (Å²) in [7, 11) is 3.27. The fraction of sp³-hybridized carbons (Fsp3) is 0.471. The van der Waals surface area contributed by atoms with Crippen LogP contribution in [0.25, 0.3) is 0 Å². The highest BCUT2D eigenvalue weighted by Crippen LogP contribution is 2.29. The summed E-state index contributed by atoms with van der Waals surface area (Å²) in [5.41, 5.74) is -0.880. The van der Waals surface area contributed by atoms with Crippen molar-refractivity contribution in [2.45, 2.75) is 19.0 Å². The molecule has 11 heteroatoms. The van der Waals surface area contributed by atoms with Crippen LogP contribution in [-0.4, -0.2) is 55.5 Å². The first-order valence-electron chi connectivity index (χ1n) is 8.52. The molecular formula is C17H22F3N5O2S. The van der Waals surface area contributed by atoms with Crippen molar-refractivity contribution >= 4 is 23.2 Å². The van der Waals surface area contributed by atoms with E-state index in [1.807, 2.05) is 6.07 Å². The summed E-state index contributed by atoms with van der Waals surface area (Å²) in [6, 6.07) is 3.64. The number of amides is 1. The van der Waals surface area contributed by atoms with Gasteiger partial charge in [-0.05, 0) is 12.1 Å². The number of aromatic nitrogens is 1. The zero-order valence-electron chi connectivity index (χ0n) is 15.5. The first-order chi connectivity index (χ1) is 13.3. The van der Waals surface area contributed by atoms with Crippen molar-refractivity contribution in [2.24, 2.45) is 4.99 Å². The number of guanidine groups is 1. The Hall–Kier alpha value is -2.56. The second kappa shape index (κ2) is 10.1. The average Bonchev–Trinajstić information content (AvgIpc) is 3.30. The van der Waals surface area contributed by atoms with Crippen molar-refractivity contribution in [3.63, 3.8) is 0 Å². The third-order valence-corrected chi connectivity index (χ3v) is 4.50. The molecule has 0 atom stereocenters. The SMILES string of the molecule is CN(C)C(=O)CN=C(NCCc1ccco1)NCCc1nc(C(F)(F)F)cs1. The van der Waals surface area contributed by atoms with Gasteiger partial charge in [-0.3, -0.25) is 4.79 Å². The quantitative estimate of drug-likeness (QED) is 0.508. The first kappa shape index (κ1) is 21.7. The van der Waals surface area contributed by atoms with Crippen molar-refractivity contribution in [3.05, 3.63) is 40.2 Å². The van der Waals surface area contributed by atoms with Gasteiger partial charge in [-0.2, -0.15) is 13.2 Å². The van der Waals surface area contributed by atoms with Crippen molar-refractivity contribution in [3.8, 4) is 0 Å². The summed E-state index contributed by atoms with van der Waals surface area (Å²) >= 11 is 0.962. The zero-order chi connectivity index (χ0) is 20.6. The predicted octanol–water partition coefficient (Wildman–Crippen LogP) is 2.16. The van der Waals surface area contributed by atoms with Crippen molar-refractivity contribution in [1.82, 2.24) is 20.5 Å². The van der Waals surface area contributed by atoms with Gasteiger partial charge in [-0.1, -0.05) is 0 Å². The maximum Gasteiger partial charge on any atom is 0.434 e. The van der Waals surface area contributed by atoms with Crippen LogP contribution < -0.4 is 10.6 Å². The maximum atomic E-state index is 12.6. The van der Waals surface area contributed by atoms with Crippen molar-refractivity contribution in [1.29, 1.82) is 0 Å². The fourth-order valence-electron chi connectivity index (χ4n) is 2.07. The fourth-order valence-corrected chi connectivity index (χ4v) is 2.87. The van der Waals surface area contributed by atoms with E-state index in [2.05, 4.69) is 20.6 Å². The van der Waals surface area contributed by atoms with Crippen LogP contribution >= 0.6 is 11.3 Å². The second-order valence-electron chi connectivity index (χ2n) is 6.01. The molecule has 1 amide bonds. The van der Waals surface area contributed by atoms with Gasteiger partial charge < -0.3 is 20.0 Å². The molecule has 0 saturated heterocycles. The number of halogens is 3. The van der Waals surface area contributed by atoms with Crippen LogP contribution in [0.1, 0.15) is 16.5 Å². The molecule has 154 valence electrons. The smallest absolute Gasteiger partial charge is 0.434 e. The normalized spacial score (nSPS) is 12.1. The van der Waals surface area contributed by atoms with Crippen LogP contribution in [0, 0.1) is 0 Å². The van der Waals surface area contributed by atoms with Gasteiger partial charge in [-0.25, -0.2) is 9.98 Å². The third kappa shape index (κ3) is 7.22. The lowest BCUT2D eigenvalue weighted by atomic mass is 10.3. The van der Waals surface area contributed by atoms with Crippen LogP contribution in [0.5, 0.6) is 0 Å². The molecule has 0 radical (unpaired) electrons. The lowest BCUT2D eigenvalue weighted by molar-refractivity contribution is -0.140. The molecule has 2 aromatic heterocycles. The standard InChI is InChI=1S/C17H22F3N5O2S/c1-25(2)15(26)10-23-16(21-7-5-12-4-3-9-27-12)22-8-6-14-24-13(11-28-14)17(18,19)20/h3-4,9,11H,5-8,10H2,1-2H3,(H2,21,22,23). The maximum absolute atomic E-state index is 12.6. The van der Waals surface area contributed by atoms with Gasteiger partial charge >= 0.3 is 6.18 Å². The predicted molar refractivity (Wildman–Crippen MR) is 100 cm³/mol. The molecule has 0 unspecified atom stereocenters. The van der Waals surface area contributed by atoms with E-state index in [4.69, 9.17) is 4.42 Å². The lowest BCUT2D eigenvalue weighted by Gasteiger charge is -2.13. The Kier molecular flexibility index (Phi) is 7.85. The number of carbonyl (C=O) groups is 1. The van der Waals surface area contributed by atoms with E-state index in [0.717, 1.165) is 22.5 Å². The molecule has 0 bridgehead atoms. The summed E-state index contributed by atoms with van der Waals surface area (Å²) in [6.45, 7) is 0.803. The van der Waals surface area contributed by atoms with Gasteiger partial charge in [-0.15, -0.1) is 11.3 Å².